The van der Waals surface area contributed by atoms with Gasteiger partial charge in [0.15, 0.2) is 0 Å². The maximum absolute atomic E-state index is 11.4. The van der Waals surface area contributed by atoms with Crippen LogP contribution in [0.15, 0.2) is 10.2 Å². The van der Waals surface area contributed by atoms with Gasteiger partial charge in [0.25, 0.3) is 5.84 Å². The molecule has 2 aliphatic carbocycles. The Labute approximate surface area is 233 Å². The third-order valence-corrected chi connectivity index (χ3v) is 9.65. The van der Waals surface area contributed by atoms with Crippen molar-refractivity contribution in [2.45, 2.75) is 121 Å². The fraction of sp³-hybridized carbons (Fsp3) is 0.862. The monoisotopic (exact) mass is 548 g/mol. The van der Waals surface area contributed by atoms with Crippen LogP contribution in [0.1, 0.15) is 103 Å². The van der Waals surface area contributed by atoms with E-state index in [-0.39, 0.29) is 12.6 Å². The molecule has 1 amide bonds. The van der Waals surface area contributed by atoms with Crippen LogP contribution in [0.3, 0.4) is 0 Å². The molecule has 3 atom stereocenters. The minimum atomic E-state index is -1.30. The lowest BCUT2D eigenvalue weighted by atomic mass is 9.71. The summed E-state index contributed by atoms with van der Waals surface area (Å²) in [6, 6.07) is 0.982. The maximum atomic E-state index is 11.4. The van der Waals surface area contributed by atoms with Crippen LogP contribution in [0.5, 0.6) is 0 Å². The van der Waals surface area contributed by atoms with Gasteiger partial charge >= 0.3 is 11.9 Å². The van der Waals surface area contributed by atoms with Crippen LogP contribution < -0.4 is 5.73 Å². The number of unbranched alkanes of at least 4 members (excludes halogenated alkanes) is 1. The van der Waals surface area contributed by atoms with Gasteiger partial charge in [-0.25, -0.2) is 0 Å². The average molecular weight is 549 g/mol. The molecule has 3 fully saturated rings. The third kappa shape index (κ3) is 8.90. The zero-order valence-corrected chi connectivity index (χ0v) is 23.9. The Hall–Kier alpha value is -2.20. The van der Waals surface area contributed by atoms with E-state index in [1.54, 1.807) is 0 Å². The van der Waals surface area contributed by atoms with E-state index in [4.69, 9.17) is 10.8 Å². The van der Waals surface area contributed by atoms with Crippen molar-refractivity contribution in [2.24, 2.45) is 39.6 Å². The Bertz CT molecular complexity index is 873. The first-order chi connectivity index (χ1) is 18.7. The van der Waals surface area contributed by atoms with Gasteiger partial charge in [0.1, 0.15) is 12.1 Å². The molecule has 0 bridgehead atoms. The Morgan fingerprint density at radius 3 is 2.15 bits per heavy atom. The molecule has 10 heteroatoms. The van der Waals surface area contributed by atoms with Gasteiger partial charge in [-0.15, -0.1) is 4.91 Å². The molecule has 0 aromatic carbocycles. The van der Waals surface area contributed by atoms with E-state index < -0.39 is 17.8 Å². The number of amides is 1. The van der Waals surface area contributed by atoms with E-state index in [1.807, 2.05) is 18.7 Å². The van der Waals surface area contributed by atoms with Crippen LogP contribution in [0.2, 0.25) is 0 Å². The van der Waals surface area contributed by atoms with Gasteiger partial charge in [0.2, 0.25) is 6.34 Å². The van der Waals surface area contributed by atoms with Crippen molar-refractivity contribution in [2.75, 3.05) is 14.1 Å². The number of likely N-dealkylation sites (tertiary alicyclic amines) is 1. The third-order valence-electron chi connectivity index (χ3n) is 9.65. The lowest BCUT2D eigenvalue weighted by Crippen LogP contribution is -2.63. The Balaban J connectivity index is 1.35. The predicted molar refractivity (Wildman–Crippen MR) is 151 cm³/mol. The van der Waals surface area contributed by atoms with Crippen LogP contribution in [0.4, 0.5) is 0 Å². The molecular formula is C29H50N5O5+. The van der Waals surface area contributed by atoms with E-state index >= 15 is 0 Å². The quantitative estimate of drug-likeness (QED) is 0.0782. The highest BCUT2D eigenvalue weighted by Crippen LogP contribution is 2.44. The molecule has 1 saturated heterocycles. The van der Waals surface area contributed by atoms with Gasteiger partial charge in [0, 0.05) is 23.7 Å². The molecule has 39 heavy (non-hydrogen) atoms. The second-order valence-corrected chi connectivity index (χ2v) is 12.3. The van der Waals surface area contributed by atoms with E-state index in [0.717, 1.165) is 63.1 Å². The number of nitroso groups, excluding NO2 is 1. The smallest absolute Gasteiger partial charge is 0.316 e. The molecule has 3 rings (SSSR count). The molecule has 2 saturated carbocycles. The summed E-state index contributed by atoms with van der Waals surface area (Å²) in [4.78, 5) is 39.8. The number of aliphatic imine (C=N–C) groups is 1. The van der Waals surface area contributed by atoms with Crippen molar-refractivity contribution >= 4 is 24.1 Å². The summed E-state index contributed by atoms with van der Waals surface area (Å²) in [5.41, 5.74) is 5.46. The number of carboxylic acids is 1. The molecule has 0 aromatic rings. The largest absolute Gasteiger partial charge is 0.481 e. The molecule has 10 nitrogen and oxygen atoms in total. The average Bonchev–Trinajstić information content (AvgIpc) is 2.92. The number of hydrogen-bond acceptors (Lipinski definition) is 5. The van der Waals surface area contributed by atoms with Crippen molar-refractivity contribution in [3.05, 3.63) is 4.91 Å². The molecule has 0 spiro atoms. The van der Waals surface area contributed by atoms with Gasteiger partial charge in [-0.2, -0.15) is 0 Å². The van der Waals surface area contributed by atoms with Crippen LogP contribution >= 0.6 is 0 Å². The summed E-state index contributed by atoms with van der Waals surface area (Å²) in [5.74, 6) is -0.659. The number of hydrogen-bond donors (Lipinski definition) is 3. The van der Waals surface area contributed by atoms with Crippen molar-refractivity contribution in [3.63, 3.8) is 0 Å². The molecule has 0 radical (unpaired) electrons. The number of carboxylic acid groups (broad SMARTS) is 1. The second-order valence-electron chi connectivity index (χ2n) is 12.3. The number of aliphatic carboxylic acids is 1. The van der Waals surface area contributed by atoms with Gasteiger partial charge in [-0.3, -0.25) is 19.1 Å². The first-order valence-electron chi connectivity index (χ1n) is 15.1. The summed E-state index contributed by atoms with van der Waals surface area (Å²) in [5, 5.41) is 22.1. The SMILES string of the molecule is C[N+](C)=C(CCCCC1CCC(N2C(O)CC2C2CCC(CCCC(C(=O)O)C(=O)N=O)CC2)CC1)N=CN. The van der Waals surface area contributed by atoms with Gasteiger partial charge in [-0.05, 0) is 74.1 Å². The first-order valence-corrected chi connectivity index (χ1v) is 15.1. The van der Waals surface area contributed by atoms with E-state index in [1.165, 1.54) is 44.9 Å². The lowest BCUT2D eigenvalue weighted by Gasteiger charge is -2.55. The van der Waals surface area contributed by atoms with Crippen LogP contribution in [-0.4, -0.2) is 76.1 Å². The summed E-state index contributed by atoms with van der Waals surface area (Å²) in [7, 11) is 4.01. The number of aliphatic hydroxyl groups is 1. The molecule has 0 aromatic heterocycles. The highest BCUT2D eigenvalue weighted by molar-refractivity contribution is 5.97. The fourth-order valence-electron chi connectivity index (χ4n) is 7.32. The highest BCUT2D eigenvalue weighted by atomic mass is 16.4. The zero-order chi connectivity index (χ0) is 28.4. The minimum Gasteiger partial charge on any atom is -0.481 e. The standard InChI is InChI=1S/C29H49N5O5/c1-33(2)26(31-19-30)9-4-3-6-20-12-16-23(17-13-20)34-25(18-27(34)35)22-14-10-21(11-15-22)7-5-8-24(29(37)38)28(36)32-39/h19-25,27,30,35H,3-18H2,1-2H3,(H,37,38)/p+1. The van der Waals surface area contributed by atoms with Crippen molar-refractivity contribution in [1.82, 2.24) is 4.90 Å². The number of aliphatic hydroxyl groups excluding tert-OH is 1. The van der Waals surface area contributed by atoms with Gasteiger partial charge in [-0.1, -0.05) is 38.5 Å². The zero-order valence-electron chi connectivity index (χ0n) is 23.9. The summed E-state index contributed by atoms with van der Waals surface area (Å²) in [6.07, 6.45) is 17.6. The van der Waals surface area contributed by atoms with Gasteiger partial charge in [0.05, 0.1) is 20.5 Å². The number of nitrogens with zero attached hydrogens (tertiary/aromatic N) is 4. The molecule has 4 N–H and O–H groups in total. The van der Waals surface area contributed by atoms with Gasteiger partial charge < -0.3 is 15.9 Å². The van der Waals surface area contributed by atoms with Crippen LogP contribution in [-0.2, 0) is 9.59 Å². The topological polar surface area (TPSA) is 149 Å². The predicted octanol–water partition coefficient (Wildman–Crippen LogP) is 4.13. The Kier molecular flexibility index (Phi) is 12.5. The number of nitrogens with two attached hydrogens (primary N) is 1. The highest BCUT2D eigenvalue weighted by Gasteiger charge is 2.46. The summed E-state index contributed by atoms with van der Waals surface area (Å²) < 4.78 is 2.03. The Morgan fingerprint density at radius 1 is 1.00 bits per heavy atom. The minimum absolute atomic E-state index is 0.184. The maximum Gasteiger partial charge on any atom is 0.316 e. The normalized spacial score (nSPS) is 30.4. The van der Waals surface area contributed by atoms with Crippen molar-refractivity contribution < 1.29 is 24.4 Å². The van der Waals surface area contributed by atoms with Crippen molar-refractivity contribution in [1.29, 1.82) is 0 Å². The molecule has 220 valence electrons. The number of amidine groups is 1. The second kappa shape index (κ2) is 15.6. The fourth-order valence-corrected chi connectivity index (χ4v) is 7.32. The van der Waals surface area contributed by atoms with E-state index in [9.17, 15) is 19.6 Å². The number of rotatable bonds is 13. The first kappa shape index (κ1) is 31.3. The molecule has 3 unspecified atom stereocenters. The summed E-state index contributed by atoms with van der Waals surface area (Å²) >= 11 is 0. The van der Waals surface area contributed by atoms with E-state index in [2.05, 4.69) is 15.1 Å². The van der Waals surface area contributed by atoms with Crippen LogP contribution in [0, 0.1) is 28.6 Å². The molecule has 1 aliphatic heterocycles. The summed E-state index contributed by atoms with van der Waals surface area (Å²) in [6.45, 7) is 0. The van der Waals surface area contributed by atoms with E-state index in [0.29, 0.717) is 30.3 Å². The lowest BCUT2D eigenvalue weighted by molar-refractivity contribution is -0.466. The molecule has 3 aliphatic rings. The van der Waals surface area contributed by atoms with Crippen LogP contribution in [0.25, 0.3) is 0 Å². The Morgan fingerprint density at radius 2 is 1.62 bits per heavy atom. The number of carbonyl (C=O) groups is 2. The van der Waals surface area contributed by atoms with Crippen molar-refractivity contribution in [3.8, 4) is 0 Å². The molecular weight excluding hydrogens is 498 g/mol. The number of carbonyl (C=O) groups excluding carboxylic acids is 1. The molecule has 1 heterocycles.